The van der Waals surface area contributed by atoms with Gasteiger partial charge in [0, 0.05) is 12.5 Å². The molecule has 0 saturated heterocycles. The molecule has 0 bridgehead atoms. The number of imidazole rings is 1. The summed E-state index contributed by atoms with van der Waals surface area (Å²) in [6.07, 6.45) is 0.441. The molecule has 1 aromatic heterocycles. The summed E-state index contributed by atoms with van der Waals surface area (Å²) >= 11 is 0. The van der Waals surface area contributed by atoms with E-state index in [1.807, 2.05) is 25.2 Å². The lowest BCUT2D eigenvalue weighted by atomic mass is 10.0. The summed E-state index contributed by atoms with van der Waals surface area (Å²) < 4.78 is 0. The molecular weight excluding hydrogens is 218 g/mol. The zero-order valence-electron chi connectivity index (χ0n) is 9.83. The number of aromatic nitrogens is 2. The van der Waals surface area contributed by atoms with Crippen molar-refractivity contribution in [1.82, 2.24) is 15.3 Å². The maximum absolute atomic E-state index is 11.2. The summed E-state index contributed by atoms with van der Waals surface area (Å²) in [5, 5.41) is 3.10. The Bertz CT molecular complexity index is 597. The number of fused-ring (bicyclic) bond motifs is 1. The highest BCUT2D eigenvalue weighted by Gasteiger charge is 2.12. The lowest BCUT2D eigenvalue weighted by Gasteiger charge is -2.14. The molecule has 0 radical (unpaired) electrons. The van der Waals surface area contributed by atoms with Gasteiger partial charge < -0.3 is 15.3 Å². The third-order valence-corrected chi connectivity index (χ3v) is 2.78. The number of rotatable bonds is 4. The number of Topliss-reactive ketones (excluding diaryl/α,β-unsaturated/α-hetero) is 1. The molecule has 3 N–H and O–H groups in total. The molecule has 1 atom stereocenters. The van der Waals surface area contributed by atoms with Crippen LogP contribution in [0, 0.1) is 0 Å². The third-order valence-electron chi connectivity index (χ3n) is 2.78. The van der Waals surface area contributed by atoms with Gasteiger partial charge in [-0.3, -0.25) is 4.79 Å². The van der Waals surface area contributed by atoms with Crippen molar-refractivity contribution in [3.8, 4) is 0 Å². The van der Waals surface area contributed by atoms with E-state index in [4.69, 9.17) is 0 Å². The fourth-order valence-corrected chi connectivity index (χ4v) is 1.94. The Balaban J connectivity index is 2.39. The Morgan fingerprint density at radius 2 is 2.06 bits per heavy atom. The van der Waals surface area contributed by atoms with Crippen molar-refractivity contribution < 1.29 is 4.79 Å². The molecule has 1 heterocycles. The molecular formula is C12H15N3O2. The van der Waals surface area contributed by atoms with Crippen LogP contribution in [-0.2, 0) is 4.79 Å². The van der Waals surface area contributed by atoms with E-state index in [9.17, 15) is 9.59 Å². The molecule has 1 aromatic carbocycles. The Morgan fingerprint density at radius 3 is 2.71 bits per heavy atom. The van der Waals surface area contributed by atoms with Crippen LogP contribution in [-0.4, -0.2) is 22.8 Å². The lowest BCUT2D eigenvalue weighted by Crippen LogP contribution is -2.18. The quantitative estimate of drug-likeness (QED) is 0.740. The third kappa shape index (κ3) is 2.45. The van der Waals surface area contributed by atoms with E-state index in [1.54, 1.807) is 6.92 Å². The van der Waals surface area contributed by atoms with Gasteiger partial charge in [0.2, 0.25) is 0 Å². The molecule has 0 amide bonds. The van der Waals surface area contributed by atoms with Gasteiger partial charge in [-0.15, -0.1) is 0 Å². The number of carbonyl (C=O) groups excluding carboxylic acids is 1. The summed E-state index contributed by atoms with van der Waals surface area (Å²) in [5.74, 6) is 0.131. The van der Waals surface area contributed by atoms with Crippen molar-refractivity contribution in [3.63, 3.8) is 0 Å². The smallest absolute Gasteiger partial charge is 0.313 e. The van der Waals surface area contributed by atoms with E-state index in [0.29, 0.717) is 6.42 Å². The van der Waals surface area contributed by atoms with Crippen LogP contribution in [0.2, 0.25) is 0 Å². The highest BCUT2D eigenvalue weighted by molar-refractivity contribution is 5.78. The molecule has 90 valence electrons. The van der Waals surface area contributed by atoms with Crippen LogP contribution in [0.4, 0.5) is 0 Å². The van der Waals surface area contributed by atoms with Crippen LogP contribution in [0.3, 0.4) is 0 Å². The van der Waals surface area contributed by atoms with Gasteiger partial charge in [0.05, 0.1) is 11.0 Å². The predicted molar refractivity (Wildman–Crippen MR) is 66.0 cm³/mol. The monoisotopic (exact) mass is 233 g/mol. The number of carbonyl (C=O) groups is 1. The van der Waals surface area contributed by atoms with Crippen LogP contribution in [0.1, 0.15) is 24.9 Å². The summed E-state index contributed by atoms with van der Waals surface area (Å²) in [4.78, 5) is 27.7. The molecule has 17 heavy (non-hydrogen) atoms. The molecule has 0 aliphatic heterocycles. The van der Waals surface area contributed by atoms with Crippen LogP contribution < -0.4 is 11.0 Å². The average molecular weight is 233 g/mol. The van der Waals surface area contributed by atoms with Gasteiger partial charge >= 0.3 is 5.69 Å². The number of hydrogen-bond acceptors (Lipinski definition) is 3. The molecule has 5 nitrogen and oxygen atoms in total. The molecule has 0 aliphatic rings. The van der Waals surface area contributed by atoms with Gasteiger partial charge in [-0.2, -0.15) is 0 Å². The highest BCUT2D eigenvalue weighted by Crippen LogP contribution is 2.19. The van der Waals surface area contributed by atoms with Gasteiger partial charge in [-0.05, 0) is 31.7 Å². The Labute approximate surface area is 98.2 Å². The first-order chi connectivity index (χ1) is 8.10. The average Bonchev–Trinajstić information content (AvgIpc) is 2.64. The minimum absolute atomic E-state index is 0.0182. The predicted octanol–water partition coefficient (Wildman–Crippen LogP) is 1.10. The van der Waals surface area contributed by atoms with E-state index in [1.165, 1.54) is 0 Å². The van der Waals surface area contributed by atoms with E-state index in [2.05, 4.69) is 15.3 Å². The SMILES string of the molecule is CNC(CC(C)=O)c1ccc2[nH]c(=O)[nH]c2c1. The van der Waals surface area contributed by atoms with Crippen molar-refractivity contribution in [1.29, 1.82) is 0 Å². The fourth-order valence-electron chi connectivity index (χ4n) is 1.94. The molecule has 1 unspecified atom stereocenters. The molecule has 5 heteroatoms. The zero-order valence-corrected chi connectivity index (χ0v) is 9.83. The Hall–Kier alpha value is -1.88. The van der Waals surface area contributed by atoms with E-state index in [-0.39, 0.29) is 17.5 Å². The highest BCUT2D eigenvalue weighted by atomic mass is 16.1. The number of benzene rings is 1. The summed E-state index contributed by atoms with van der Waals surface area (Å²) in [7, 11) is 1.82. The van der Waals surface area contributed by atoms with Gasteiger partial charge in [0.15, 0.2) is 0 Å². The number of aromatic amines is 2. The summed E-state index contributed by atoms with van der Waals surface area (Å²) in [6.45, 7) is 1.57. The summed E-state index contributed by atoms with van der Waals surface area (Å²) in [5.41, 5.74) is 2.31. The Morgan fingerprint density at radius 1 is 1.35 bits per heavy atom. The molecule has 0 aliphatic carbocycles. The van der Waals surface area contributed by atoms with Crippen molar-refractivity contribution in [3.05, 3.63) is 34.2 Å². The van der Waals surface area contributed by atoms with E-state index in [0.717, 1.165) is 16.6 Å². The van der Waals surface area contributed by atoms with Crippen molar-refractivity contribution in [2.45, 2.75) is 19.4 Å². The van der Waals surface area contributed by atoms with Gasteiger partial charge in [-0.1, -0.05) is 6.07 Å². The van der Waals surface area contributed by atoms with Gasteiger partial charge in [0.25, 0.3) is 0 Å². The molecule has 2 aromatic rings. The van der Waals surface area contributed by atoms with Crippen LogP contribution in [0.5, 0.6) is 0 Å². The Kier molecular flexibility index (Phi) is 3.10. The van der Waals surface area contributed by atoms with Gasteiger partial charge in [-0.25, -0.2) is 4.79 Å². The van der Waals surface area contributed by atoms with E-state index < -0.39 is 0 Å². The van der Waals surface area contributed by atoms with Crippen molar-refractivity contribution in [2.75, 3.05) is 7.05 Å². The largest absolute Gasteiger partial charge is 0.323 e. The van der Waals surface area contributed by atoms with Crippen LogP contribution >= 0.6 is 0 Å². The molecule has 0 fully saturated rings. The number of nitrogens with one attached hydrogen (secondary N) is 3. The summed E-state index contributed by atoms with van der Waals surface area (Å²) in [6, 6.07) is 5.62. The second kappa shape index (κ2) is 4.55. The number of ketones is 1. The molecule has 0 saturated carbocycles. The minimum atomic E-state index is -0.218. The van der Waals surface area contributed by atoms with Crippen LogP contribution in [0.25, 0.3) is 11.0 Å². The van der Waals surface area contributed by atoms with Crippen LogP contribution in [0.15, 0.2) is 23.0 Å². The number of H-pyrrole nitrogens is 2. The maximum atomic E-state index is 11.2. The zero-order chi connectivity index (χ0) is 12.4. The molecule has 2 rings (SSSR count). The second-order valence-corrected chi connectivity index (χ2v) is 4.13. The first-order valence-corrected chi connectivity index (χ1v) is 5.49. The standard InChI is InChI=1S/C12H15N3O2/c1-7(16)5-10(13-2)8-3-4-9-11(6-8)15-12(17)14-9/h3-4,6,10,13H,5H2,1-2H3,(H2,14,15,17). The second-order valence-electron chi connectivity index (χ2n) is 4.13. The van der Waals surface area contributed by atoms with E-state index >= 15 is 0 Å². The first-order valence-electron chi connectivity index (χ1n) is 5.49. The molecule has 0 spiro atoms. The van der Waals surface area contributed by atoms with Gasteiger partial charge in [0.1, 0.15) is 5.78 Å². The first kappa shape index (κ1) is 11.6. The normalized spacial score (nSPS) is 12.8. The van der Waals surface area contributed by atoms with Crippen molar-refractivity contribution >= 4 is 16.8 Å². The fraction of sp³-hybridized carbons (Fsp3) is 0.333. The van der Waals surface area contributed by atoms with Crippen molar-refractivity contribution in [2.24, 2.45) is 0 Å². The lowest BCUT2D eigenvalue weighted by molar-refractivity contribution is -0.117. The minimum Gasteiger partial charge on any atom is -0.313 e. The number of hydrogen-bond donors (Lipinski definition) is 3. The maximum Gasteiger partial charge on any atom is 0.323 e. The topological polar surface area (TPSA) is 77.8 Å².